The zero-order chi connectivity index (χ0) is 18.4. The molecule has 1 heterocycles. The van der Waals surface area contributed by atoms with Crippen LogP contribution in [0.2, 0.25) is 0 Å². The third-order valence-electron chi connectivity index (χ3n) is 3.74. The first-order chi connectivity index (χ1) is 12.7. The number of hydrogen-bond donors (Lipinski definition) is 1. The molecule has 26 heavy (non-hydrogen) atoms. The molecule has 1 aromatic heterocycles. The van der Waals surface area contributed by atoms with Crippen LogP contribution >= 0.6 is 0 Å². The number of nitrogens with zero attached hydrogens (tertiary/aromatic N) is 4. The Bertz CT molecular complexity index is 879. The molecule has 3 aromatic rings. The van der Waals surface area contributed by atoms with Crippen molar-refractivity contribution in [3.8, 4) is 5.75 Å². The summed E-state index contributed by atoms with van der Waals surface area (Å²) in [6.45, 7) is 3.11. The average Bonchev–Trinajstić information content (AvgIpc) is 3.13. The second kappa shape index (κ2) is 8.19. The fraction of sp³-hybridized carbons (Fsp3) is 0.222. The van der Waals surface area contributed by atoms with Crippen LogP contribution in [0, 0.1) is 5.82 Å². The molecule has 7 nitrogen and oxygen atoms in total. The van der Waals surface area contributed by atoms with Crippen LogP contribution in [0.4, 0.5) is 4.39 Å². The largest absolute Gasteiger partial charge is 0.486 e. The third kappa shape index (κ3) is 4.41. The lowest BCUT2D eigenvalue weighted by Gasteiger charge is -2.09. The zero-order valence-corrected chi connectivity index (χ0v) is 14.2. The zero-order valence-electron chi connectivity index (χ0n) is 14.2. The number of ether oxygens (including phenoxy) is 1. The molecule has 134 valence electrons. The van der Waals surface area contributed by atoms with Crippen LogP contribution in [0.1, 0.15) is 28.7 Å². The van der Waals surface area contributed by atoms with Gasteiger partial charge < -0.3 is 10.1 Å². The van der Waals surface area contributed by atoms with E-state index in [0.717, 1.165) is 5.56 Å². The Morgan fingerprint density at radius 1 is 1.23 bits per heavy atom. The lowest BCUT2D eigenvalue weighted by atomic mass is 10.2. The summed E-state index contributed by atoms with van der Waals surface area (Å²) in [4.78, 5) is 12.3. The van der Waals surface area contributed by atoms with Gasteiger partial charge >= 0.3 is 0 Å². The summed E-state index contributed by atoms with van der Waals surface area (Å²) in [7, 11) is 0. The van der Waals surface area contributed by atoms with Gasteiger partial charge in [0.25, 0.3) is 5.91 Å². The number of hydrogen-bond acceptors (Lipinski definition) is 5. The Morgan fingerprint density at radius 3 is 2.81 bits per heavy atom. The highest BCUT2D eigenvalue weighted by Gasteiger charge is 2.09. The molecule has 0 bridgehead atoms. The second-order valence-electron chi connectivity index (χ2n) is 5.54. The number of aromatic nitrogens is 4. The molecule has 0 fully saturated rings. The molecule has 0 atom stereocenters. The molecule has 2 aromatic carbocycles. The molecule has 0 radical (unpaired) electrons. The molecule has 8 heteroatoms. The van der Waals surface area contributed by atoms with E-state index in [1.165, 1.54) is 12.1 Å². The molecular weight excluding hydrogens is 337 g/mol. The highest BCUT2D eigenvalue weighted by Crippen LogP contribution is 2.15. The number of nitrogens with one attached hydrogen (secondary N) is 1. The van der Waals surface area contributed by atoms with Gasteiger partial charge in [0.1, 0.15) is 18.2 Å². The first-order valence-corrected chi connectivity index (χ1v) is 8.16. The molecule has 0 saturated carbocycles. The number of halogens is 1. The topological polar surface area (TPSA) is 81.9 Å². The van der Waals surface area contributed by atoms with Crippen molar-refractivity contribution in [2.45, 2.75) is 26.6 Å². The number of benzene rings is 2. The van der Waals surface area contributed by atoms with Gasteiger partial charge in [-0.2, -0.15) is 0 Å². The van der Waals surface area contributed by atoms with Gasteiger partial charge in [-0.1, -0.05) is 18.2 Å². The number of carbonyl (C=O) groups is 1. The molecule has 3 rings (SSSR count). The van der Waals surface area contributed by atoms with Gasteiger partial charge in [0.2, 0.25) is 0 Å². The summed E-state index contributed by atoms with van der Waals surface area (Å²) in [5.41, 5.74) is 1.29. The summed E-state index contributed by atoms with van der Waals surface area (Å²) in [6, 6.07) is 12.8. The number of amides is 1. The van der Waals surface area contributed by atoms with E-state index in [4.69, 9.17) is 4.74 Å². The number of carbonyl (C=O) groups excluding carboxylic acids is 1. The van der Waals surface area contributed by atoms with Gasteiger partial charge in [0, 0.05) is 18.7 Å². The summed E-state index contributed by atoms with van der Waals surface area (Å²) in [5, 5.41) is 14.1. The van der Waals surface area contributed by atoms with E-state index in [9.17, 15) is 9.18 Å². The Labute approximate surface area is 149 Å². The van der Waals surface area contributed by atoms with Crippen LogP contribution in [0.5, 0.6) is 5.75 Å². The Hall–Kier alpha value is -3.29. The van der Waals surface area contributed by atoms with Crippen LogP contribution < -0.4 is 10.1 Å². The van der Waals surface area contributed by atoms with Crippen molar-refractivity contribution in [3.05, 3.63) is 71.3 Å². The molecule has 0 aliphatic carbocycles. The predicted octanol–water partition coefficient (Wildman–Crippen LogP) is 2.34. The summed E-state index contributed by atoms with van der Waals surface area (Å²) >= 11 is 0. The van der Waals surface area contributed by atoms with Gasteiger partial charge in [-0.15, -0.1) is 5.10 Å². The standard InChI is InChI=1S/C18H18FN5O2/c1-2-24-17(21-22-23-24)12-26-16-5-3-4-14(10-16)18(25)20-11-13-6-8-15(19)9-7-13/h3-10H,2,11-12H2,1H3,(H,20,25). The maximum atomic E-state index is 12.9. The Balaban J connectivity index is 1.59. The SMILES string of the molecule is CCn1nnnc1COc1cccc(C(=O)NCc2ccc(F)cc2)c1. The van der Waals surface area contributed by atoms with E-state index in [2.05, 4.69) is 20.8 Å². The normalized spacial score (nSPS) is 10.5. The minimum absolute atomic E-state index is 0.210. The first kappa shape index (κ1) is 17.5. The van der Waals surface area contributed by atoms with Crippen molar-refractivity contribution in [1.29, 1.82) is 0 Å². The van der Waals surface area contributed by atoms with Gasteiger partial charge in [0.15, 0.2) is 5.82 Å². The number of tetrazole rings is 1. The van der Waals surface area contributed by atoms with E-state index in [-0.39, 0.29) is 18.3 Å². The lowest BCUT2D eigenvalue weighted by molar-refractivity contribution is 0.0950. The predicted molar refractivity (Wildman–Crippen MR) is 91.8 cm³/mol. The Morgan fingerprint density at radius 2 is 2.04 bits per heavy atom. The maximum Gasteiger partial charge on any atom is 0.251 e. The van der Waals surface area contributed by atoms with E-state index < -0.39 is 0 Å². The van der Waals surface area contributed by atoms with Crippen molar-refractivity contribution in [3.63, 3.8) is 0 Å². The third-order valence-corrected chi connectivity index (χ3v) is 3.74. The first-order valence-electron chi connectivity index (χ1n) is 8.16. The molecular formula is C18H18FN5O2. The van der Waals surface area contributed by atoms with Gasteiger partial charge in [0.05, 0.1) is 0 Å². The molecule has 1 amide bonds. The van der Waals surface area contributed by atoms with Crippen molar-refractivity contribution in [1.82, 2.24) is 25.5 Å². The minimum Gasteiger partial charge on any atom is -0.486 e. The number of aryl methyl sites for hydroxylation is 1. The van der Waals surface area contributed by atoms with Crippen LogP contribution in [-0.4, -0.2) is 26.1 Å². The quantitative estimate of drug-likeness (QED) is 0.703. The van der Waals surface area contributed by atoms with Crippen molar-refractivity contribution in [2.24, 2.45) is 0 Å². The minimum atomic E-state index is -0.306. The highest BCUT2D eigenvalue weighted by atomic mass is 19.1. The Kier molecular flexibility index (Phi) is 5.52. The van der Waals surface area contributed by atoms with Crippen LogP contribution in [0.3, 0.4) is 0 Å². The van der Waals surface area contributed by atoms with Crippen LogP contribution in [0.25, 0.3) is 0 Å². The molecule has 0 aliphatic heterocycles. The molecule has 1 N–H and O–H groups in total. The lowest BCUT2D eigenvalue weighted by Crippen LogP contribution is -2.22. The highest BCUT2D eigenvalue weighted by molar-refractivity contribution is 5.94. The summed E-state index contributed by atoms with van der Waals surface area (Å²) in [5.74, 6) is 0.612. The van der Waals surface area contributed by atoms with Gasteiger partial charge in [-0.25, -0.2) is 9.07 Å². The monoisotopic (exact) mass is 355 g/mol. The van der Waals surface area contributed by atoms with E-state index in [1.54, 1.807) is 41.1 Å². The summed E-state index contributed by atoms with van der Waals surface area (Å²) in [6.07, 6.45) is 0. The van der Waals surface area contributed by atoms with Crippen molar-refractivity contribution in [2.75, 3.05) is 0 Å². The number of rotatable bonds is 7. The smallest absolute Gasteiger partial charge is 0.251 e. The molecule has 0 aliphatic rings. The van der Waals surface area contributed by atoms with E-state index in [1.807, 2.05) is 6.92 Å². The van der Waals surface area contributed by atoms with Crippen molar-refractivity contribution >= 4 is 5.91 Å². The van der Waals surface area contributed by atoms with E-state index >= 15 is 0 Å². The molecule has 0 spiro atoms. The van der Waals surface area contributed by atoms with E-state index in [0.29, 0.717) is 30.2 Å². The van der Waals surface area contributed by atoms with Gasteiger partial charge in [-0.3, -0.25) is 4.79 Å². The second-order valence-corrected chi connectivity index (χ2v) is 5.54. The van der Waals surface area contributed by atoms with Gasteiger partial charge in [-0.05, 0) is 53.2 Å². The fourth-order valence-corrected chi connectivity index (χ4v) is 2.33. The average molecular weight is 355 g/mol. The molecule has 0 saturated heterocycles. The fourth-order valence-electron chi connectivity index (χ4n) is 2.33. The van der Waals surface area contributed by atoms with Crippen LogP contribution in [0.15, 0.2) is 48.5 Å². The summed E-state index contributed by atoms with van der Waals surface area (Å²) < 4.78 is 20.2. The molecule has 0 unspecified atom stereocenters. The van der Waals surface area contributed by atoms with Crippen molar-refractivity contribution < 1.29 is 13.9 Å². The van der Waals surface area contributed by atoms with Crippen LogP contribution in [-0.2, 0) is 19.7 Å². The maximum absolute atomic E-state index is 12.9.